The standard InChI is InChI=1S/C19H18O4/c1-11(18(20)21)12-5-7-16-14(9-12)15-10-13(23-19(2,3)4)6-8-17(15)22-16/h5-10H,1H2,2-4H3,(H,20,21). The Kier molecular flexibility index (Phi) is 3.40. The van der Waals surface area contributed by atoms with Gasteiger partial charge >= 0.3 is 5.97 Å². The second kappa shape index (κ2) is 5.16. The van der Waals surface area contributed by atoms with Crippen molar-refractivity contribution in [2.75, 3.05) is 0 Å². The average Bonchev–Trinajstić information content (AvgIpc) is 2.82. The Labute approximate surface area is 134 Å². The van der Waals surface area contributed by atoms with Crippen molar-refractivity contribution in [1.29, 1.82) is 0 Å². The van der Waals surface area contributed by atoms with E-state index < -0.39 is 5.97 Å². The third-order valence-corrected chi connectivity index (χ3v) is 3.47. The molecule has 0 aliphatic carbocycles. The van der Waals surface area contributed by atoms with Crippen molar-refractivity contribution >= 4 is 33.5 Å². The van der Waals surface area contributed by atoms with E-state index in [9.17, 15) is 4.79 Å². The normalized spacial score (nSPS) is 11.8. The Bertz CT molecular complexity index is 926. The summed E-state index contributed by atoms with van der Waals surface area (Å²) in [6.07, 6.45) is 0. The number of aliphatic carboxylic acids is 1. The molecule has 4 nitrogen and oxygen atoms in total. The molecule has 23 heavy (non-hydrogen) atoms. The highest BCUT2D eigenvalue weighted by molar-refractivity contribution is 6.16. The van der Waals surface area contributed by atoms with Crippen molar-refractivity contribution in [2.45, 2.75) is 26.4 Å². The molecular formula is C19H18O4. The number of carboxylic acid groups (broad SMARTS) is 1. The van der Waals surface area contributed by atoms with Gasteiger partial charge in [0.1, 0.15) is 22.5 Å². The molecule has 0 bridgehead atoms. The van der Waals surface area contributed by atoms with Crippen molar-refractivity contribution in [1.82, 2.24) is 0 Å². The van der Waals surface area contributed by atoms with Gasteiger partial charge in [0, 0.05) is 10.8 Å². The molecule has 3 aromatic rings. The molecule has 0 aliphatic rings. The van der Waals surface area contributed by atoms with E-state index in [4.69, 9.17) is 14.3 Å². The van der Waals surface area contributed by atoms with Crippen molar-refractivity contribution in [2.24, 2.45) is 0 Å². The highest BCUT2D eigenvalue weighted by Gasteiger charge is 2.15. The SMILES string of the molecule is C=C(C(=O)O)c1ccc2oc3ccc(OC(C)(C)C)cc3c2c1. The van der Waals surface area contributed by atoms with Gasteiger partial charge in [-0.25, -0.2) is 4.79 Å². The Morgan fingerprint density at radius 3 is 2.30 bits per heavy atom. The van der Waals surface area contributed by atoms with Crippen LogP contribution >= 0.6 is 0 Å². The van der Waals surface area contributed by atoms with Crippen LogP contribution in [0.4, 0.5) is 0 Å². The van der Waals surface area contributed by atoms with Crippen LogP contribution in [-0.4, -0.2) is 16.7 Å². The zero-order valence-corrected chi connectivity index (χ0v) is 13.3. The van der Waals surface area contributed by atoms with E-state index in [1.165, 1.54) is 0 Å². The van der Waals surface area contributed by atoms with Crippen molar-refractivity contribution in [3.63, 3.8) is 0 Å². The first-order valence-electron chi connectivity index (χ1n) is 7.32. The lowest BCUT2D eigenvalue weighted by molar-refractivity contribution is -0.130. The fourth-order valence-corrected chi connectivity index (χ4v) is 2.48. The van der Waals surface area contributed by atoms with Gasteiger partial charge in [-0.2, -0.15) is 0 Å². The number of rotatable bonds is 3. The lowest BCUT2D eigenvalue weighted by atomic mass is 10.0. The maximum absolute atomic E-state index is 11.1. The van der Waals surface area contributed by atoms with Crippen LogP contribution in [0.3, 0.4) is 0 Å². The van der Waals surface area contributed by atoms with E-state index in [0.717, 1.165) is 22.1 Å². The molecule has 3 rings (SSSR count). The monoisotopic (exact) mass is 310 g/mol. The molecular weight excluding hydrogens is 292 g/mol. The van der Waals surface area contributed by atoms with Crippen molar-refractivity contribution in [3.8, 4) is 5.75 Å². The van der Waals surface area contributed by atoms with Crippen molar-refractivity contribution in [3.05, 3.63) is 48.5 Å². The zero-order valence-electron chi connectivity index (χ0n) is 13.3. The van der Waals surface area contributed by atoms with E-state index >= 15 is 0 Å². The number of fused-ring (bicyclic) bond motifs is 3. The van der Waals surface area contributed by atoms with Gasteiger partial charge < -0.3 is 14.3 Å². The molecule has 1 N–H and O–H groups in total. The highest BCUT2D eigenvalue weighted by atomic mass is 16.5. The first kappa shape index (κ1) is 15.2. The maximum atomic E-state index is 11.1. The van der Waals surface area contributed by atoms with Crippen LogP contribution in [0.25, 0.3) is 27.5 Å². The summed E-state index contributed by atoms with van der Waals surface area (Å²) in [5, 5.41) is 10.8. The van der Waals surface area contributed by atoms with Crippen LogP contribution in [-0.2, 0) is 4.79 Å². The van der Waals surface area contributed by atoms with E-state index in [0.29, 0.717) is 11.1 Å². The summed E-state index contributed by atoms with van der Waals surface area (Å²) < 4.78 is 11.7. The third-order valence-electron chi connectivity index (χ3n) is 3.47. The molecule has 4 heteroatoms. The molecule has 0 amide bonds. The second-order valence-corrected chi connectivity index (χ2v) is 6.47. The topological polar surface area (TPSA) is 59.7 Å². The summed E-state index contributed by atoms with van der Waals surface area (Å²) in [6.45, 7) is 9.56. The van der Waals surface area contributed by atoms with E-state index in [1.807, 2.05) is 39.0 Å². The second-order valence-electron chi connectivity index (χ2n) is 6.47. The summed E-state index contributed by atoms with van der Waals surface area (Å²) in [5.74, 6) is -0.288. The smallest absolute Gasteiger partial charge is 0.335 e. The van der Waals surface area contributed by atoms with Crippen LogP contribution in [0.5, 0.6) is 5.75 Å². The Balaban J connectivity index is 2.17. The van der Waals surface area contributed by atoms with Crippen LogP contribution in [0.1, 0.15) is 26.3 Å². The van der Waals surface area contributed by atoms with Crippen LogP contribution < -0.4 is 4.74 Å². The number of ether oxygens (including phenoxy) is 1. The van der Waals surface area contributed by atoms with Gasteiger partial charge in [0.15, 0.2) is 0 Å². The van der Waals surface area contributed by atoms with Crippen LogP contribution in [0.15, 0.2) is 47.4 Å². The predicted octanol–water partition coefficient (Wildman–Crippen LogP) is 4.86. The molecule has 1 aromatic heterocycles. The fourth-order valence-electron chi connectivity index (χ4n) is 2.48. The number of furan rings is 1. The van der Waals surface area contributed by atoms with Crippen LogP contribution in [0.2, 0.25) is 0 Å². The number of carboxylic acids is 1. The zero-order chi connectivity index (χ0) is 16.8. The quantitative estimate of drug-likeness (QED) is 0.702. The maximum Gasteiger partial charge on any atom is 0.335 e. The summed E-state index contributed by atoms with van der Waals surface area (Å²) in [6, 6.07) is 10.9. The average molecular weight is 310 g/mol. The number of hydrogen-bond acceptors (Lipinski definition) is 3. The Hall–Kier alpha value is -2.75. The molecule has 0 unspecified atom stereocenters. The Morgan fingerprint density at radius 1 is 1.09 bits per heavy atom. The highest BCUT2D eigenvalue weighted by Crippen LogP contribution is 2.34. The molecule has 0 atom stereocenters. The van der Waals surface area contributed by atoms with Gasteiger partial charge in [-0.3, -0.25) is 0 Å². The van der Waals surface area contributed by atoms with E-state index in [1.54, 1.807) is 18.2 Å². The Morgan fingerprint density at radius 2 is 1.70 bits per heavy atom. The van der Waals surface area contributed by atoms with Gasteiger partial charge in [-0.15, -0.1) is 0 Å². The molecule has 0 aliphatic heterocycles. The van der Waals surface area contributed by atoms with Crippen LogP contribution in [0, 0.1) is 0 Å². The fraction of sp³-hybridized carbons (Fsp3) is 0.211. The van der Waals surface area contributed by atoms with Gasteiger partial charge in [-0.1, -0.05) is 12.6 Å². The number of carbonyl (C=O) groups is 1. The molecule has 0 saturated carbocycles. The van der Waals surface area contributed by atoms with E-state index in [-0.39, 0.29) is 11.2 Å². The molecule has 0 spiro atoms. The van der Waals surface area contributed by atoms with Gasteiger partial charge in [-0.05, 0) is 56.7 Å². The van der Waals surface area contributed by atoms with Gasteiger partial charge in [0.25, 0.3) is 0 Å². The van der Waals surface area contributed by atoms with Gasteiger partial charge in [0.2, 0.25) is 0 Å². The van der Waals surface area contributed by atoms with E-state index in [2.05, 4.69) is 6.58 Å². The molecule has 1 heterocycles. The predicted molar refractivity (Wildman–Crippen MR) is 90.8 cm³/mol. The first-order valence-corrected chi connectivity index (χ1v) is 7.32. The summed E-state index contributed by atoms with van der Waals surface area (Å²) in [7, 11) is 0. The third kappa shape index (κ3) is 2.93. The van der Waals surface area contributed by atoms with Gasteiger partial charge in [0.05, 0.1) is 5.57 Å². The minimum absolute atomic E-state index is 0.0587. The number of hydrogen-bond donors (Lipinski definition) is 1. The van der Waals surface area contributed by atoms with Crippen molar-refractivity contribution < 1.29 is 19.1 Å². The minimum atomic E-state index is -1.03. The summed E-state index contributed by atoms with van der Waals surface area (Å²) in [4.78, 5) is 11.1. The number of benzene rings is 2. The molecule has 0 radical (unpaired) electrons. The largest absolute Gasteiger partial charge is 0.488 e. The summed E-state index contributed by atoms with van der Waals surface area (Å²) in [5.41, 5.74) is 1.77. The lowest BCUT2D eigenvalue weighted by Crippen LogP contribution is -2.22. The molecule has 0 saturated heterocycles. The lowest BCUT2D eigenvalue weighted by Gasteiger charge is -2.21. The first-order chi connectivity index (χ1) is 10.7. The molecule has 118 valence electrons. The molecule has 0 fully saturated rings. The molecule has 2 aromatic carbocycles. The summed E-state index contributed by atoms with van der Waals surface area (Å²) >= 11 is 0. The minimum Gasteiger partial charge on any atom is -0.488 e.